The van der Waals surface area contributed by atoms with Gasteiger partial charge in [0.25, 0.3) is 0 Å². The molecule has 4 heteroatoms. The summed E-state index contributed by atoms with van der Waals surface area (Å²) in [6.45, 7) is 4.23. The van der Waals surface area contributed by atoms with Crippen LogP contribution in [0.25, 0.3) is 0 Å². The van der Waals surface area contributed by atoms with Crippen LogP contribution in [0.15, 0.2) is 18.2 Å². The summed E-state index contributed by atoms with van der Waals surface area (Å²) in [5.74, 6) is 0.712. The van der Waals surface area contributed by atoms with E-state index < -0.39 is 0 Å². The zero-order chi connectivity index (χ0) is 13.7. The summed E-state index contributed by atoms with van der Waals surface area (Å²) in [4.78, 5) is 0. The summed E-state index contributed by atoms with van der Waals surface area (Å²) in [6, 6.07) is 5.39. The van der Waals surface area contributed by atoms with Gasteiger partial charge >= 0.3 is 0 Å². The first-order chi connectivity index (χ1) is 9.15. The molecule has 19 heavy (non-hydrogen) atoms. The van der Waals surface area contributed by atoms with E-state index in [0.29, 0.717) is 15.8 Å². The van der Waals surface area contributed by atoms with Crippen molar-refractivity contribution < 1.29 is 4.74 Å². The van der Waals surface area contributed by atoms with Gasteiger partial charge in [-0.25, -0.2) is 0 Å². The Morgan fingerprint density at radius 1 is 1.26 bits per heavy atom. The summed E-state index contributed by atoms with van der Waals surface area (Å²) < 4.78 is 6.17. The molecule has 0 amide bonds. The van der Waals surface area contributed by atoms with Crippen LogP contribution in [-0.4, -0.2) is 18.7 Å². The van der Waals surface area contributed by atoms with E-state index in [2.05, 4.69) is 12.2 Å². The van der Waals surface area contributed by atoms with Crippen LogP contribution in [0.1, 0.15) is 39.0 Å². The molecule has 1 fully saturated rings. The fourth-order valence-corrected chi connectivity index (χ4v) is 2.70. The average molecular weight is 302 g/mol. The number of ether oxygens (including phenoxy) is 1. The van der Waals surface area contributed by atoms with Gasteiger partial charge in [-0.05, 0) is 57.3 Å². The third-order valence-corrected chi connectivity index (χ3v) is 4.22. The molecule has 0 radical (unpaired) electrons. The lowest BCUT2D eigenvalue weighted by molar-refractivity contribution is -0.0141. The first-order valence-corrected chi connectivity index (χ1v) is 7.76. The van der Waals surface area contributed by atoms with Crippen molar-refractivity contribution in [3.05, 3.63) is 28.2 Å². The second kappa shape index (κ2) is 6.83. The summed E-state index contributed by atoms with van der Waals surface area (Å²) in [5, 5.41) is 4.73. The molecular formula is C15H21Cl2NO. The molecule has 106 valence electrons. The SMILES string of the molecule is CCCNCCC1(Oc2cc(Cl)ccc2Cl)CCC1. The first-order valence-electron chi connectivity index (χ1n) is 7.00. The highest BCUT2D eigenvalue weighted by atomic mass is 35.5. The number of nitrogens with one attached hydrogen (secondary N) is 1. The molecule has 1 saturated carbocycles. The second-order valence-electron chi connectivity index (χ2n) is 5.21. The smallest absolute Gasteiger partial charge is 0.140 e. The third kappa shape index (κ3) is 4.01. The van der Waals surface area contributed by atoms with E-state index in [1.165, 1.54) is 6.42 Å². The van der Waals surface area contributed by atoms with Gasteiger partial charge in [0.2, 0.25) is 0 Å². The molecule has 1 aromatic carbocycles. The van der Waals surface area contributed by atoms with Gasteiger partial charge in [-0.15, -0.1) is 0 Å². The molecule has 0 heterocycles. The number of hydrogen-bond donors (Lipinski definition) is 1. The van der Waals surface area contributed by atoms with Crippen molar-refractivity contribution in [2.45, 2.75) is 44.6 Å². The predicted octanol–water partition coefficient (Wildman–Crippen LogP) is 4.68. The molecule has 2 rings (SSSR count). The highest BCUT2D eigenvalue weighted by Gasteiger charge is 2.39. The summed E-state index contributed by atoms with van der Waals surface area (Å²) in [6.07, 6.45) is 5.61. The van der Waals surface area contributed by atoms with Crippen molar-refractivity contribution in [3.63, 3.8) is 0 Å². The van der Waals surface area contributed by atoms with E-state index in [-0.39, 0.29) is 5.60 Å². The molecule has 0 spiro atoms. The number of benzene rings is 1. The molecule has 0 bridgehead atoms. The van der Waals surface area contributed by atoms with Crippen LogP contribution in [0.3, 0.4) is 0 Å². The monoisotopic (exact) mass is 301 g/mol. The second-order valence-corrected chi connectivity index (χ2v) is 6.06. The van der Waals surface area contributed by atoms with Gasteiger partial charge in [0.15, 0.2) is 0 Å². The van der Waals surface area contributed by atoms with Crippen LogP contribution in [0.5, 0.6) is 5.75 Å². The van der Waals surface area contributed by atoms with Crippen molar-refractivity contribution in [1.82, 2.24) is 5.32 Å². The van der Waals surface area contributed by atoms with E-state index in [1.807, 2.05) is 6.07 Å². The van der Waals surface area contributed by atoms with Crippen LogP contribution in [0, 0.1) is 0 Å². The topological polar surface area (TPSA) is 21.3 Å². The van der Waals surface area contributed by atoms with Gasteiger partial charge in [-0.1, -0.05) is 30.1 Å². The van der Waals surface area contributed by atoms with Gasteiger partial charge in [-0.2, -0.15) is 0 Å². The van der Waals surface area contributed by atoms with Crippen molar-refractivity contribution in [2.24, 2.45) is 0 Å². The fourth-order valence-electron chi connectivity index (χ4n) is 2.38. The molecule has 0 unspecified atom stereocenters. The van der Waals surface area contributed by atoms with E-state index in [1.54, 1.807) is 12.1 Å². The molecule has 1 aliphatic carbocycles. The number of halogens is 2. The van der Waals surface area contributed by atoms with Crippen molar-refractivity contribution in [3.8, 4) is 5.75 Å². The lowest BCUT2D eigenvalue weighted by atomic mass is 9.77. The third-order valence-electron chi connectivity index (χ3n) is 3.67. The van der Waals surface area contributed by atoms with E-state index in [9.17, 15) is 0 Å². The van der Waals surface area contributed by atoms with Crippen molar-refractivity contribution in [2.75, 3.05) is 13.1 Å². The van der Waals surface area contributed by atoms with Crippen molar-refractivity contribution >= 4 is 23.2 Å². The molecule has 1 aliphatic rings. The fraction of sp³-hybridized carbons (Fsp3) is 0.600. The van der Waals surface area contributed by atoms with Crippen LogP contribution in [0.2, 0.25) is 10.0 Å². The van der Waals surface area contributed by atoms with Crippen LogP contribution >= 0.6 is 23.2 Å². The Hall–Kier alpha value is -0.440. The normalized spacial score (nSPS) is 17.0. The maximum absolute atomic E-state index is 6.17. The molecule has 1 aromatic rings. The Morgan fingerprint density at radius 2 is 2.05 bits per heavy atom. The predicted molar refractivity (Wildman–Crippen MR) is 81.4 cm³/mol. The maximum Gasteiger partial charge on any atom is 0.140 e. The molecule has 1 N–H and O–H groups in total. The molecule has 0 aromatic heterocycles. The van der Waals surface area contributed by atoms with Gasteiger partial charge in [0, 0.05) is 11.1 Å². The zero-order valence-corrected chi connectivity index (χ0v) is 12.9. The largest absolute Gasteiger partial charge is 0.486 e. The van der Waals surface area contributed by atoms with E-state index in [0.717, 1.165) is 38.8 Å². The number of rotatable bonds is 7. The summed E-state index contributed by atoms with van der Waals surface area (Å²) >= 11 is 12.2. The minimum absolute atomic E-state index is 0.0466. The molecular weight excluding hydrogens is 281 g/mol. The molecule has 0 saturated heterocycles. The molecule has 0 atom stereocenters. The van der Waals surface area contributed by atoms with Gasteiger partial charge in [-0.3, -0.25) is 0 Å². The Bertz CT molecular complexity index is 419. The Labute approximate surface area is 125 Å². The van der Waals surface area contributed by atoms with E-state index >= 15 is 0 Å². The minimum Gasteiger partial charge on any atom is -0.486 e. The van der Waals surface area contributed by atoms with Gasteiger partial charge in [0.1, 0.15) is 11.4 Å². The van der Waals surface area contributed by atoms with Gasteiger partial charge in [0.05, 0.1) is 5.02 Å². The zero-order valence-electron chi connectivity index (χ0n) is 11.3. The first kappa shape index (κ1) is 15.0. The summed E-state index contributed by atoms with van der Waals surface area (Å²) in [7, 11) is 0. The van der Waals surface area contributed by atoms with Crippen LogP contribution < -0.4 is 10.1 Å². The Balaban J connectivity index is 1.96. The minimum atomic E-state index is -0.0466. The maximum atomic E-state index is 6.17. The van der Waals surface area contributed by atoms with Crippen LogP contribution in [0.4, 0.5) is 0 Å². The molecule has 2 nitrogen and oxygen atoms in total. The van der Waals surface area contributed by atoms with Gasteiger partial charge < -0.3 is 10.1 Å². The van der Waals surface area contributed by atoms with Crippen LogP contribution in [-0.2, 0) is 0 Å². The standard InChI is InChI=1S/C15H21Cl2NO/c1-2-9-18-10-8-15(6-3-7-15)19-14-11-12(16)4-5-13(14)17/h4-5,11,18H,2-3,6-10H2,1H3. The Kier molecular flexibility index (Phi) is 5.37. The lowest BCUT2D eigenvalue weighted by Crippen LogP contribution is -2.45. The quantitative estimate of drug-likeness (QED) is 0.738. The highest BCUT2D eigenvalue weighted by Crippen LogP contribution is 2.41. The molecule has 0 aliphatic heterocycles. The van der Waals surface area contributed by atoms with E-state index in [4.69, 9.17) is 27.9 Å². The Morgan fingerprint density at radius 3 is 2.68 bits per heavy atom. The lowest BCUT2D eigenvalue weighted by Gasteiger charge is -2.42. The summed E-state index contributed by atoms with van der Waals surface area (Å²) in [5.41, 5.74) is -0.0466. The number of hydrogen-bond acceptors (Lipinski definition) is 2. The highest BCUT2D eigenvalue weighted by molar-refractivity contribution is 6.34. The van der Waals surface area contributed by atoms with Crippen molar-refractivity contribution in [1.29, 1.82) is 0 Å². The average Bonchev–Trinajstić information content (AvgIpc) is 2.35.